The Balaban J connectivity index is 1.38. The topological polar surface area (TPSA) is 83.1 Å². The molecule has 5 atom stereocenters. The number of likely N-dealkylation sites (tertiary alicyclic amines) is 1. The molecule has 2 unspecified atom stereocenters. The molecule has 4 aliphatic rings. The van der Waals surface area contributed by atoms with Crippen LogP contribution in [0.4, 0.5) is 0 Å². The predicted molar refractivity (Wildman–Crippen MR) is 126 cm³/mol. The fourth-order valence-corrected chi connectivity index (χ4v) is 7.91. The second kappa shape index (κ2) is 7.52. The number of hydrogen-bond acceptors (Lipinski definition) is 7. The van der Waals surface area contributed by atoms with E-state index in [9.17, 15) is 15.0 Å². The molecule has 3 heterocycles. The largest absolute Gasteiger partial charge is 0.504 e. The number of piperidine rings is 1. The lowest BCUT2D eigenvalue weighted by Crippen LogP contribution is -2.76. The number of carbonyl (C=O) groups is 1. The Hall–Kier alpha value is -2.48. The number of carbonyl (C=O) groups excluding carboxylic acids is 1. The number of nitrogens with zero attached hydrogens (tertiary/aromatic N) is 1. The fraction of sp³-hybridized carbons (Fsp3) is 0.423. The minimum Gasteiger partial charge on any atom is -0.504 e. The third-order valence-electron chi connectivity index (χ3n) is 8.10. The van der Waals surface area contributed by atoms with Crippen molar-refractivity contribution in [1.29, 1.82) is 0 Å². The molecule has 2 aromatic rings. The first-order chi connectivity index (χ1) is 16.0. The van der Waals surface area contributed by atoms with Crippen molar-refractivity contribution < 1.29 is 24.2 Å². The highest BCUT2D eigenvalue weighted by molar-refractivity contribution is 8.14. The second-order valence-electron chi connectivity index (χ2n) is 9.54. The number of hydrogen-bond donors (Lipinski definition) is 2. The summed E-state index contributed by atoms with van der Waals surface area (Å²) in [6.07, 6.45) is 10.7. The van der Waals surface area contributed by atoms with Gasteiger partial charge in [-0.25, -0.2) is 0 Å². The van der Waals surface area contributed by atoms with Gasteiger partial charge in [0.15, 0.2) is 11.5 Å². The number of phenols is 1. The summed E-state index contributed by atoms with van der Waals surface area (Å²) in [5.41, 5.74) is 1.34. The smallest absolute Gasteiger partial charge is 0.212 e. The zero-order valence-electron chi connectivity index (χ0n) is 18.3. The summed E-state index contributed by atoms with van der Waals surface area (Å²) >= 11 is 1.27. The summed E-state index contributed by atoms with van der Waals surface area (Å²) in [7, 11) is 0. The van der Waals surface area contributed by atoms with Gasteiger partial charge in [0.05, 0.1) is 28.8 Å². The van der Waals surface area contributed by atoms with E-state index in [2.05, 4.69) is 11.5 Å². The molecule has 1 spiro atoms. The van der Waals surface area contributed by atoms with Crippen molar-refractivity contribution in [1.82, 2.24) is 4.90 Å². The van der Waals surface area contributed by atoms with Crippen molar-refractivity contribution >= 4 is 23.0 Å². The fourth-order valence-electron chi connectivity index (χ4n) is 6.81. The molecule has 6 rings (SSSR count). The minimum atomic E-state index is -0.974. The summed E-state index contributed by atoms with van der Waals surface area (Å²) in [5, 5.41) is 22.8. The van der Waals surface area contributed by atoms with Gasteiger partial charge in [0, 0.05) is 23.7 Å². The van der Waals surface area contributed by atoms with Gasteiger partial charge in [-0.2, -0.15) is 0 Å². The molecular formula is C26H27NO5S. The molecule has 2 aliphatic carbocycles. The van der Waals surface area contributed by atoms with Crippen LogP contribution in [0.2, 0.25) is 0 Å². The summed E-state index contributed by atoms with van der Waals surface area (Å²) in [6, 6.07) is 5.43. The lowest BCUT2D eigenvalue weighted by Gasteiger charge is -2.64. The molecule has 33 heavy (non-hydrogen) atoms. The Labute approximate surface area is 196 Å². The first-order valence-electron chi connectivity index (χ1n) is 11.5. The van der Waals surface area contributed by atoms with Gasteiger partial charge in [-0.05, 0) is 62.1 Å². The average Bonchev–Trinajstić information content (AvgIpc) is 3.43. The Morgan fingerprint density at radius 2 is 2.21 bits per heavy atom. The number of aromatic hydroxyl groups is 1. The van der Waals surface area contributed by atoms with E-state index in [-0.39, 0.29) is 28.3 Å². The Kier molecular flexibility index (Phi) is 4.80. The molecule has 7 heteroatoms. The molecule has 172 valence electrons. The standard InChI is InChI=1S/C26H27NO5S/c1-2-11-27-12-10-25-22-17-4-5-18(28)23(22)32-24(25)19(7-9-26(25,30)20(27)14-17)33-21(29)6-3-16-8-13-31-15-16/h2-6,8,13,15,19-20,24,28,30H,1,7,9-12,14H2/b6-3+/t19?,20-,24?,25+,26-/m1/s1. The molecule has 2 N–H and O–H groups in total. The molecule has 1 saturated carbocycles. The Morgan fingerprint density at radius 1 is 1.33 bits per heavy atom. The van der Waals surface area contributed by atoms with Crippen molar-refractivity contribution in [2.24, 2.45) is 0 Å². The highest BCUT2D eigenvalue weighted by Gasteiger charge is 2.72. The molecule has 1 saturated heterocycles. The number of furan rings is 1. The van der Waals surface area contributed by atoms with Gasteiger partial charge in [-0.3, -0.25) is 9.69 Å². The molecule has 0 radical (unpaired) electrons. The van der Waals surface area contributed by atoms with Crippen LogP contribution in [0, 0.1) is 0 Å². The molecule has 2 aliphatic heterocycles. The van der Waals surface area contributed by atoms with Crippen LogP contribution in [-0.2, 0) is 16.6 Å². The molecule has 0 amide bonds. The predicted octanol–water partition coefficient (Wildman–Crippen LogP) is 3.67. The van der Waals surface area contributed by atoms with E-state index in [4.69, 9.17) is 9.15 Å². The van der Waals surface area contributed by atoms with Crippen LogP contribution in [0.3, 0.4) is 0 Å². The van der Waals surface area contributed by atoms with Gasteiger partial charge in [-0.15, -0.1) is 6.58 Å². The van der Waals surface area contributed by atoms with E-state index in [1.807, 2.05) is 12.1 Å². The average molecular weight is 466 g/mol. The van der Waals surface area contributed by atoms with Gasteiger partial charge < -0.3 is 19.4 Å². The first kappa shape index (κ1) is 21.1. The third-order valence-corrected chi connectivity index (χ3v) is 9.26. The number of benzene rings is 1. The van der Waals surface area contributed by atoms with Crippen molar-refractivity contribution in [2.45, 2.75) is 54.1 Å². The quantitative estimate of drug-likeness (QED) is 0.515. The van der Waals surface area contributed by atoms with E-state index >= 15 is 0 Å². The molecule has 2 fully saturated rings. The molecule has 1 aromatic carbocycles. The molecule has 2 bridgehead atoms. The molecular weight excluding hydrogens is 438 g/mol. The maximum Gasteiger partial charge on any atom is 0.212 e. The van der Waals surface area contributed by atoms with Crippen molar-refractivity contribution in [3.63, 3.8) is 0 Å². The van der Waals surface area contributed by atoms with E-state index in [1.165, 1.54) is 11.8 Å². The van der Waals surface area contributed by atoms with Crippen LogP contribution in [0.5, 0.6) is 11.5 Å². The van der Waals surface area contributed by atoms with Crippen LogP contribution < -0.4 is 4.74 Å². The number of phenolic OH excluding ortho intramolecular Hbond substituents is 1. The van der Waals surface area contributed by atoms with Gasteiger partial charge in [-0.1, -0.05) is 23.9 Å². The lowest BCUT2D eigenvalue weighted by molar-refractivity contribution is -0.181. The van der Waals surface area contributed by atoms with Gasteiger partial charge >= 0.3 is 0 Å². The van der Waals surface area contributed by atoms with E-state index in [0.717, 1.165) is 42.6 Å². The molecule has 6 nitrogen and oxygen atoms in total. The van der Waals surface area contributed by atoms with E-state index in [0.29, 0.717) is 18.6 Å². The monoisotopic (exact) mass is 465 g/mol. The first-order valence-corrected chi connectivity index (χ1v) is 12.4. The van der Waals surface area contributed by atoms with E-state index < -0.39 is 11.0 Å². The summed E-state index contributed by atoms with van der Waals surface area (Å²) in [5.74, 6) is 0.613. The Bertz CT molecular complexity index is 1140. The zero-order valence-corrected chi connectivity index (χ0v) is 19.1. The maximum absolute atomic E-state index is 12.8. The minimum absolute atomic E-state index is 0.0408. The number of thioether (sulfide) groups is 1. The third kappa shape index (κ3) is 2.85. The summed E-state index contributed by atoms with van der Waals surface area (Å²) in [6.45, 7) is 5.46. The van der Waals surface area contributed by atoms with Crippen LogP contribution >= 0.6 is 11.8 Å². The van der Waals surface area contributed by atoms with Crippen molar-refractivity contribution in [3.05, 3.63) is 66.1 Å². The maximum atomic E-state index is 12.8. The van der Waals surface area contributed by atoms with Crippen molar-refractivity contribution in [3.8, 4) is 11.5 Å². The van der Waals surface area contributed by atoms with Crippen LogP contribution in [0.1, 0.15) is 36.0 Å². The van der Waals surface area contributed by atoms with E-state index in [1.54, 1.807) is 36.8 Å². The highest BCUT2D eigenvalue weighted by Crippen LogP contribution is 2.66. The van der Waals surface area contributed by atoms with Gasteiger partial charge in [0.1, 0.15) is 6.10 Å². The molecule has 1 aromatic heterocycles. The number of aliphatic hydroxyl groups is 1. The summed E-state index contributed by atoms with van der Waals surface area (Å²) < 4.78 is 11.5. The second-order valence-corrected chi connectivity index (χ2v) is 10.8. The van der Waals surface area contributed by atoms with Gasteiger partial charge in [0.2, 0.25) is 5.12 Å². The zero-order chi connectivity index (χ0) is 22.8. The number of rotatable bonds is 5. The van der Waals surface area contributed by atoms with Crippen molar-refractivity contribution in [2.75, 3.05) is 13.1 Å². The van der Waals surface area contributed by atoms with Crippen LogP contribution in [0.25, 0.3) is 6.08 Å². The van der Waals surface area contributed by atoms with Crippen LogP contribution in [0.15, 0.2) is 53.9 Å². The Morgan fingerprint density at radius 3 is 3.00 bits per heavy atom. The number of ether oxygens (including phenoxy) is 1. The highest BCUT2D eigenvalue weighted by atomic mass is 32.2. The van der Waals surface area contributed by atoms with Crippen LogP contribution in [-0.4, -0.2) is 56.3 Å². The lowest BCUT2D eigenvalue weighted by atomic mass is 9.49. The SMILES string of the molecule is C=CCN1CC[C@]23c4c5ccc(O)c4OC2C(SC(=O)/C=C/c2ccoc2)CC[C@@]3(O)[C@H]1C5. The summed E-state index contributed by atoms with van der Waals surface area (Å²) in [4.78, 5) is 15.2. The normalized spacial score (nSPS) is 34.2. The van der Waals surface area contributed by atoms with Gasteiger partial charge in [0.25, 0.3) is 0 Å².